The zero-order valence-electron chi connectivity index (χ0n) is 20.5. The van der Waals surface area contributed by atoms with E-state index in [0.717, 1.165) is 43.9 Å². The van der Waals surface area contributed by atoms with Gasteiger partial charge >= 0.3 is 0 Å². The molecule has 3 aromatic rings. The number of fused-ring (bicyclic) bond motifs is 4. The second-order valence-corrected chi connectivity index (χ2v) is 10.9. The molecule has 4 heterocycles. The summed E-state index contributed by atoms with van der Waals surface area (Å²) in [4.78, 5) is 27.9. The summed E-state index contributed by atoms with van der Waals surface area (Å²) in [5.74, 6) is 1.18. The van der Waals surface area contributed by atoms with Crippen molar-refractivity contribution >= 4 is 23.2 Å². The predicted octanol–water partition coefficient (Wildman–Crippen LogP) is 5.99. The summed E-state index contributed by atoms with van der Waals surface area (Å²) in [5.41, 5.74) is 6.41. The van der Waals surface area contributed by atoms with Gasteiger partial charge in [0.2, 0.25) is 0 Å². The van der Waals surface area contributed by atoms with E-state index < -0.39 is 0 Å². The average Bonchev–Trinajstić information content (AvgIpc) is 3.47. The van der Waals surface area contributed by atoms with Crippen LogP contribution in [0, 0.1) is 0 Å². The zero-order valence-corrected chi connectivity index (χ0v) is 21.3. The number of rotatable bonds is 5. The lowest BCUT2D eigenvalue weighted by atomic mass is 9.85. The van der Waals surface area contributed by atoms with Crippen LogP contribution in [0.4, 0.5) is 0 Å². The number of imidazole rings is 1. The number of nitrogens with one attached hydrogen (secondary N) is 1. The minimum Gasteiger partial charge on any atom is -0.348 e. The molecular formula is C29H32N4OS. The van der Waals surface area contributed by atoms with Gasteiger partial charge in [-0.1, -0.05) is 41.6 Å². The van der Waals surface area contributed by atoms with Gasteiger partial charge in [-0.15, -0.1) is 0 Å². The molecule has 0 saturated carbocycles. The highest BCUT2D eigenvalue weighted by atomic mass is 32.2. The van der Waals surface area contributed by atoms with Gasteiger partial charge < -0.3 is 9.88 Å². The molecule has 180 valence electrons. The number of aromatic amines is 1. The van der Waals surface area contributed by atoms with Gasteiger partial charge in [-0.25, -0.2) is 4.98 Å². The summed E-state index contributed by atoms with van der Waals surface area (Å²) in [6.07, 6.45) is 8.48. The summed E-state index contributed by atoms with van der Waals surface area (Å²) >= 11 is 1.80. The molecule has 2 bridgehead atoms. The lowest BCUT2D eigenvalue weighted by molar-refractivity contribution is 0.0772. The van der Waals surface area contributed by atoms with E-state index in [2.05, 4.69) is 51.3 Å². The Labute approximate surface area is 211 Å². The highest BCUT2D eigenvalue weighted by Gasteiger charge is 2.40. The quantitative estimate of drug-likeness (QED) is 0.378. The maximum atomic E-state index is 13.1. The molecule has 1 N–H and O–H groups in total. The smallest absolute Gasteiger partial charge is 0.253 e. The Morgan fingerprint density at radius 1 is 1.06 bits per heavy atom. The van der Waals surface area contributed by atoms with Crippen molar-refractivity contribution < 1.29 is 4.79 Å². The molecular weight excluding hydrogens is 452 g/mol. The zero-order chi connectivity index (χ0) is 23.9. The summed E-state index contributed by atoms with van der Waals surface area (Å²) in [5, 5.41) is 0. The van der Waals surface area contributed by atoms with Gasteiger partial charge in [0.25, 0.3) is 5.91 Å². The first kappa shape index (κ1) is 22.6. The van der Waals surface area contributed by atoms with Crippen molar-refractivity contribution in [2.45, 2.75) is 68.0 Å². The highest BCUT2D eigenvalue weighted by molar-refractivity contribution is 7.99. The summed E-state index contributed by atoms with van der Waals surface area (Å²) in [6, 6.07) is 16.3. The molecule has 0 spiro atoms. The third-order valence-electron chi connectivity index (χ3n) is 7.90. The van der Waals surface area contributed by atoms with Gasteiger partial charge in [-0.2, -0.15) is 0 Å². The van der Waals surface area contributed by atoms with E-state index in [0.29, 0.717) is 12.1 Å². The van der Waals surface area contributed by atoms with Gasteiger partial charge in [0, 0.05) is 52.9 Å². The molecule has 35 heavy (non-hydrogen) atoms. The first-order valence-electron chi connectivity index (χ1n) is 12.8. The Kier molecular flexibility index (Phi) is 6.02. The Hall–Kier alpha value is -2.83. The van der Waals surface area contributed by atoms with Crippen LogP contribution in [-0.2, 0) is 6.54 Å². The van der Waals surface area contributed by atoms with Crippen LogP contribution in [0.5, 0.6) is 0 Å². The minimum atomic E-state index is 0.121. The molecule has 0 aliphatic carbocycles. The van der Waals surface area contributed by atoms with Crippen LogP contribution in [0.2, 0.25) is 0 Å². The molecule has 0 radical (unpaired) electrons. The van der Waals surface area contributed by atoms with Crippen molar-refractivity contribution in [2.75, 3.05) is 13.1 Å². The van der Waals surface area contributed by atoms with Crippen LogP contribution in [0.15, 0.2) is 70.2 Å². The fourth-order valence-electron chi connectivity index (χ4n) is 6.17. The van der Waals surface area contributed by atoms with Crippen LogP contribution in [0.3, 0.4) is 0 Å². The van der Waals surface area contributed by atoms with Crippen LogP contribution < -0.4 is 0 Å². The topological polar surface area (TPSA) is 52.2 Å². The molecule has 2 atom stereocenters. The minimum absolute atomic E-state index is 0.121. The number of carbonyl (C=O) groups is 1. The number of nitrogens with zero attached hydrogens (tertiary/aromatic N) is 3. The Morgan fingerprint density at radius 3 is 2.51 bits per heavy atom. The van der Waals surface area contributed by atoms with Crippen molar-refractivity contribution in [3.63, 3.8) is 0 Å². The Balaban J connectivity index is 1.38. The van der Waals surface area contributed by atoms with E-state index in [4.69, 9.17) is 0 Å². The van der Waals surface area contributed by atoms with Gasteiger partial charge in [0.1, 0.15) is 5.82 Å². The SMILES string of the molecule is CCN(CC)C(=O)c1ccc2c(c1)Sc1ccccc1C2=C1C[C@H]2CC[C@@H](C1)N2Cc1ncc[nH]1. The predicted molar refractivity (Wildman–Crippen MR) is 140 cm³/mol. The van der Waals surface area contributed by atoms with Gasteiger partial charge in [0.15, 0.2) is 0 Å². The van der Waals surface area contributed by atoms with Crippen molar-refractivity contribution in [1.29, 1.82) is 0 Å². The number of hydrogen-bond donors (Lipinski definition) is 1. The number of amides is 1. The first-order chi connectivity index (χ1) is 17.2. The molecule has 3 aliphatic heterocycles. The molecule has 1 aromatic heterocycles. The number of piperidine rings is 1. The maximum absolute atomic E-state index is 13.1. The van der Waals surface area contributed by atoms with Gasteiger partial charge in [0.05, 0.1) is 6.54 Å². The number of carbonyl (C=O) groups excluding carboxylic acids is 1. The Bertz CT molecular complexity index is 1260. The summed E-state index contributed by atoms with van der Waals surface area (Å²) in [6.45, 7) is 6.45. The summed E-state index contributed by atoms with van der Waals surface area (Å²) in [7, 11) is 0. The van der Waals surface area contributed by atoms with Crippen LogP contribution in [-0.4, -0.2) is 50.8 Å². The fourth-order valence-corrected chi connectivity index (χ4v) is 7.30. The fraction of sp³-hybridized carbons (Fsp3) is 0.379. The second-order valence-electron chi connectivity index (χ2n) is 9.77. The number of aromatic nitrogens is 2. The van der Waals surface area contributed by atoms with Crippen molar-refractivity contribution in [2.24, 2.45) is 0 Å². The molecule has 3 aliphatic rings. The molecule has 2 saturated heterocycles. The Morgan fingerprint density at radius 2 is 1.80 bits per heavy atom. The van der Waals surface area contributed by atoms with Crippen molar-refractivity contribution in [1.82, 2.24) is 19.8 Å². The average molecular weight is 485 g/mol. The standard InChI is InChI=1S/C29H32N4OS/c1-3-32(4-2)29(34)19-9-12-24-26(17-19)35-25-8-6-5-7-23(25)28(24)20-15-21-10-11-22(16-20)33(21)18-27-30-13-14-31-27/h5-9,12-14,17,21-22H,3-4,10-11,15-16,18H2,1-2H3,(H,30,31)/t21-,22+. The van der Waals surface area contributed by atoms with Crippen LogP contribution in [0.1, 0.15) is 66.8 Å². The largest absolute Gasteiger partial charge is 0.348 e. The molecule has 6 rings (SSSR count). The van der Waals surface area contributed by atoms with E-state index in [1.54, 1.807) is 17.3 Å². The molecule has 1 amide bonds. The van der Waals surface area contributed by atoms with E-state index in [1.807, 2.05) is 37.2 Å². The van der Waals surface area contributed by atoms with E-state index in [-0.39, 0.29) is 5.91 Å². The number of H-pyrrole nitrogens is 1. The van der Waals surface area contributed by atoms with Crippen LogP contribution >= 0.6 is 11.8 Å². The monoisotopic (exact) mass is 484 g/mol. The molecule has 6 heteroatoms. The summed E-state index contributed by atoms with van der Waals surface area (Å²) < 4.78 is 0. The van der Waals surface area contributed by atoms with Crippen molar-refractivity contribution in [3.05, 3.63) is 82.9 Å². The van der Waals surface area contributed by atoms with Gasteiger partial charge in [-0.3, -0.25) is 9.69 Å². The molecule has 0 unspecified atom stereocenters. The van der Waals surface area contributed by atoms with Gasteiger partial charge in [-0.05, 0) is 74.4 Å². The molecule has 2 aromatic carbocycles. The normalized spacial score (nSPS) is 23.1. The molecule has 5 nitrogen and oxygen atoms in total. The van der Waals surface area contributed by atoms with Crippen LogP contribution in [0.25, 0.3) is 5.57 Å². The van der Waals surface area contributed by atoms with E-state index in [1.165, 1.54) is 39.3 Å². The number of hydrogen-bond acceptors (Lipinski definition) is 4. The molecule has 2 fully saturated rings. The van der Waals surface area contributed by atoms with E-state index >= 15 is 0 Å². The maximum Gasteiger partial charge on any atom is 0.253 e. The first-order valence-corrected chi connectivity index (χ1v) is 13.6. The van der Waals surface area contributed by atoms with E-state index in [9.17, 15) is 4.79 Å². The lowest BCUT2D eigenvalue weighted by Crippen LogP contribution is -2.40. The van der Waals surface area contributed by atoms with Crippen molar-refractivity contribution in [3.8, 4) is 0 Å². The number of benzene rings is 2. The third-order valence-corrected chi connectivity index (χ3v) is 9.03. The second kappa shape index (κ2) is 9.32. The highest BCUT2D eigenvalue weighted by Crippen LogP contribution is 2.50. The lowest BCUT2D eigenvalue weighted by Gasteiger charge is -2.37. The third kappa shape index (κ3) is 4.03.